The van der Waals surface area contributed by atoms with Crippen molar-refractivity contribution in [3.8, 4) is 0 Å². The third kappa shape index (κ3) is 3.27. The molecule has 0 radical (unpaired) electrons. The summed E-state index contributed by atoms with van der Waals surface area (Å²) in [6.45, 7) is 0. The Hall–Kier alpha value is -2.68. The van der Waals surface area contributed by atoms with E-state index in [2.05, 4.69) is 10.3 Å². The van der Waals surface area contributed by atoms with E-state index in [-0.39, 0.29) is 11.2 Å². The third-order valence-electron chi connectivity index (χ3n) is 3.15. The number of rotatable bonds is 2. The van der Waals surface area contributed by atoms with Crippen molar-refractivity contribution in [2.45, 2.75) is 0 Å². The van der Waals surface area contributed by atoms with Gasteiger partial charge in [-0.05, 0) is 30.0 Å². The third-order valence-corrected chi connectivity index (χ3v) is 4.11. The smallest absolute Gasteiger partial charge is 0.267 e. The highest BCUT2D eigenvalue weighted by molar-refractivity contribution is 8.18. The standard InChI is InChI=1S/C16H7F5N2OS/c17-9-6-8(10(18)13(21)12(9)20)11(19)14-15(24)23-16(25-14)22-7-4-2-1-3-5-7/h1-6H,(H,22,23,24). The molecule has 0 aromatic heterocycles. The van der Waals surface area contributed by atoms with Crippen LogP contribution >= 0.6 is 11.8 Å². The Balaban J connectivity index is 2.01. The van der Waals surface area contributed by atoms with Gasteiger partial charge in [0.2, 0.25) is 0 Å². The number of carbonyl (C=O) groups excluding carboxylic acids is 1. The number of thioether (sulfide) groups is 1. The molecule has 2 aromatic carbocycles. The topological polar surface area (TPSA) is 41.5 Å². The second kappa shape index (κ2) is 6.67. The molecule has 3 nitrogen and oxygen atoms in total. The van der Waals surface area contributed by atoms with Crippen LogP contribution in [0.3, 0.4) is 0 Å². The van der Waals surface area contributed by atoms with Crippen LogP contribution in [0.2, 0.25) is 0 Å². The lowest BCUT2D eigenvalue weighted by Gasteiger charge is -2.05. The summed E-state index contributed by atoms with van der Waals surface area (Å²) in [4.78, 5) is 15.3. The monoisotopic (exact) mass is 370 g/mol. The highest BCUT2D eigenvalue weighted by atomic mass is 32.2. The van der Waals surface area contributed by atoms with Crippen molar-refractivity contribution in [3.63, 3.8) is 0 Å². The SMILES string of the molecule is O=C1NC(=Nc2ccccc2)SC1=C(F)c1cc(F)c(F)c(F)c1F. The fraction of sp³-hybridized carbons (Fsp3) is 0. The van der Waals surface area contributed by atoms with Gasteiger partial charge in [-0.1, -0.05) is 18.2 Å². The second-order valence-corrected chi connectivity index (χ2v) is 5.80. The number of hydrogen-bond acceptors (Lipinski definition) is 3. The molecule has 1 heterocycles. The summed E-state index contributed by atoms with van der Waals surface area (Å²) in [5.41, 5.74) is -0.716. The molecule has 1 aliphatic heterocycles. The van der Waals surface area contributed by atoms with E-state index in [1.54, 1.807) is 30.3 Å². The van der Waals surface area contributed by atoms with Gasteiger partial charge in [-0.2, -0.15) is 0 Å². The Morgan fingerprint density at radius 1 is 1.00 bits per heavy atom. The Labute approximate surface area is 142 Å². The van der Waals surface area contributed by atoms with E-state index in [9.17, 15) is 26.7 Å². The average Bonchev–Trinajstić information content (AvgIpc) is 2.96. The van der Waals surface area contributed by atoms with Crippen LogP contribution in [0.4, 0.5) is 27.6 Å². The van der Waals surface area contributed by atoms with Gasteiger partial charge in [-0.25, -0.2) is 26.9 Å². The predicted octanol–water partition coefficient (Wildman–Crippen LogP) is 4.43. The zero-order valence-electron chi connectivity index (χ0n) is 12.1. The van der Waals surface area contributed by atoms with E-state index in [1.165, 1.54) is 0 Å². The van der Waals surface area contributed by atoms with Crippen LogP contribution in [0.5, 0.6) is 0 Å². The zero-order chi connectivity index (χ0) is 18.1. The molecular formula is C16H7F5N2OS. The van der Waals surface area contributed by atoms with E-state index in [4.69, 9.17) is 0 Å². The predicted molar refractivity (Wildman–Crippen MR) is 83.6 cm³/mol. The normalized spacial score (nSPS) is 17.8. The van der Waals surface area contributed by atoms with E-state index in [1.807, 2.05) is 0 Å². The van der Waals surface area contributed by atoms with E-state index in [0.717, 1.165) is 0 Å². The molecule has 1 amide bonds. The van der Waals surface area contributed by atoms with Crippen LogP contribution in [-0.4, -0.2) is 11.1 Å². The number of para-hydroxylation sites is 1. The van der Waals surface area contributed by atoms with Crippen molar-refractivity contribution in [2.24, 2.45) is 4.99 Å². The first-order valence-corrected chi connectivity index (χ1v) is 7.56. The molecule has 0 saturated carbocycles. The van der Waals surface area contributed by atoms with Gasteiger partial charge in [0, 0.05) is 0 Å². The first kappa shape index (κ1) is 17.2. The number of benzene rings is 2. The van der Waals surface area contributed by atoms with Crippen molar-refractivity contribution >= 4 is 34.4 Å². The number of carbonyl (C=O) groups is 1. The fourth-order valence-electron chi connectivity index (χ4n) is 1.99. The molecule has 0 aliphatic carbocycles. The summed E-state index contributed by atoms with van der Waals surface area (Å²) >= 11 is 0.530. The fourth-order valence-corrected chi connectivity index (χ4v) is 2.82. The number of hydrogen-bond donors (Lipinski definition) is 1. The largest absolute Gasteiger partial charge is 0.300 e. The zero-order valence-corrected chi connectivity index (χ0v) is 12.9. The minimum Gasteiger partial charge on any atom is -0.300 e. The van der Waals surface area contributed by atoms with Crippen molar-refractivity contribution in [2.75, 3.05) is 0 Å². The number of halogens is 5. The maximum atomic E-state index is 14.4. The molecule has 128 valence electrons. The van der Waals surface area contributed by atoms with E-state index < -0.39 is 45.5 Å². The lowest BCUT2D eigenvalue weighted by molar-refractivity contribution is -0.115. The van der Waals surface area contributed by atoms with Crippen molar-refractivity contribution in [1.82, 2.24) is 5.32 Å². The Kier molecular flexibility index (Phi) is 4.58. The minimum absolute atomic E-state index is 0.00446. The molecule has 25 heavy (non-hydrogen) atoms. The van der Waals surface area contributed by atoms with Gasteiger partial charge >= 0.3 is 0 Å². The molecule has 9 heteroatoms. The molecule has 0 bridgehead atoms. The highest BCUT2D eigenvalue weighted by Crippen LogP contribution is 2.35. The van der Waals surface area contributed by atoms with Crippen LogP contribution in [0.1, 0.15) is 5.56 Å². The summed E-state index contributed by atoms with van der Waals surface area (Å²) in [5, 5.41) is 2.26. The van der Waals surface area contributed by atoms with Gasteiger partial charge in [0.25, 0.3) is 5.91 Å². The molecular weight excluding hydrogens is 363 g/mol. The van der Waals surface area contributed by atoms with Gasteiger partial charge in [0.05, 0.1) is 11.3 Å². The summed E-state index contributed by atoms with van der Waals surface area (Å²) in [5.74, 6) is -10.4. The van der Waals surface area contributed by atoms with Gasteiger partial charge in [-0.3, -0.25) is 4.79 Å². The molecule has 1 fully saturated rings. The van der Waals surface area contributed by atoms with Crippen molar-refractivity contribution < 1.29 is 26.7 Å². The quantitative estimate of drug-likeness (QED) is 0.368. The lowest BCUT2D eigenvalue weighted by atomic mass is 10.1. The first-order valence-electron chi connectivity index (χ1n) is 6.74. The maximum Gasteiger partial charge on any atom is 0.267 e. The minimum atomic E-state index is -2.16. The van der Waals surface area contributed by atoms with Crippen LogP contribution in [0, 0.1) is 23.3 Å². The van der Waals surface area contributed by atoms with Crippen molar-refractivity contribution in [3.05, 3.63) is 70.1 Å². The van der Waals surface area contributed by atoms with Gasteiger partial charge in [0.1, 0.15) is 4.91 Å². The van der Waals surface area contributed by atoms with Crippen molar-refractivity contribution in [1.29, 1.82) is 0 Å². The Morgan fingerprint density at radius 2 is 1.68 bits per heavy atom. The second-order valence-electron chi connectivity index (χ2n) is 4.80. The molecule has 1 aliphatic rings. The molecule has 2 aromatic rings. The molecule has 0 atom stereocenters. The molecule has 3 rings (SSSR count). The van der Waals surface area contributed by atoms with E-state index >= 15 is 0 Å². The number of nitrogens with one attached hydrogen (secondary N) is 1. The summed E-state index contributed by atoms with van der Waals surface area (Å²) in [7, 11) is 0. The molecule has 1 saturated heterocycles. The van der Waals surface area contributed by atoms with Crippen LogP contribution < -0.4 is 5.32 Å². The Bertz CT molecular complexity index is 928. The van der Waals surface area contributed by atoms with E-state index in [0.29, 0.717) is 17.4 Å². The maximum absolute atomic E-state index is 14.4. The number of nitrogens with zero attached hydrogens (tertiary/aromatic N) is 1. The van der Waals surface area contributed by atoms with Gasteiger partial charge in [0.15, 0.2) is 34.3 Å². The number of aliphatic imine (C=N–C) groups is 1. The van der Waals surface area contributed by atoms with Crippen LogP contribution in [0.25, 0.3) is 5.83 Å². The Morgan fingerprint density at radius 3 is 2.36 bits per heavy atom. The lowest BCUT2D eigenvalue weighted by Crippen LogP contribution is -2.19. The first-order chi connectivity index (χ1) is 11.9. The highest BCUT2D eigenvalue weighted by Gasteiger charge is 2.31. The van der Waals surface area contributed by atoms with Crippen LogP contribution in [-0.2, 0) is 4.79 Å². The number of amidine groups is 1. The summed E-state index contributed by atoms with van der Waals surface area (Å²) in [6, 6.07) is 8.53. The summed E-state index contributed by atoms with van der Waals surface area (Å²) in [6.07, 6.45) is 0. The average molecular weight is 370 g/mol. The van der Waals surface area contributed by atoms with Gasteiger partial charge in [-0.15, -0.1) is 0 Å². The molecule has 1 N–H and O–H groups in total. The molecule has 0 spiro atoms. The van der Waals surface area contributed by atoms with Crippen LogP contribution in [0.15, 0.2) is 46.3 Å². The number of amides is 1. The van der Waals surface area contributed by atoms with Gasteiger partial charge < -0.3 is 5.32 Å². The summed E-state index contributed by atoms with van der Waals surface area (Å²) < 4.78 is 67.5. The molecule has 0 unspecified atom stereocenters.